The molecule has 2 saturated heterocycles. The Balaban J connectivity index is 0.000000892. The van der Waals surface area contributed by atoms with Gasteiger partial charge in [0, 0.05) is 867 Å². The number of nitrogens with zero attached hydrogens (tertiary/aromatic N) is 4. The van der Waals surface area contributed by atoms with E-state index in [1.807, 2.05) is 679 Å². The van der Waals surface area contributed by atoms with Gasteiger partial charge >= 0.3 is 6.18 Å². The van der Waals surface area contributed by atoms with Crippen LogP contribution < -0.4 is 0 Å². The van der Waals surface area contributed by atoms with Gasteiger partial charge in [0.2, 0.25) is 11.8 Å². The van der Waals surface area contributed by atoms with Crippen LogP contribution in [0.25, 0.3) is 0 Å². The first kappa shape index (κ1) is 141. The molecule has 1 unspecified atom stereocenters. The number of benzene rings is 1. The largest absolute Gasteiger partial charge is 0.416 e. The monoisotopic (exact) mass is 3500 g/mol. The molecule has 2 aromatic rings. The number of carbonyl (C=O) groups excluding carboxylic acids is 2. The van der Waals surface area contributed by atoms with E-state index in [1.54, 1.807) is 120 Å². The van der Waals surface area contributed by atoms with Gasteiger partial charge in [-0.1, -0.05) is 32.9 Å². The molecule has 2 aliphatic rings. The van der Waals surface area contributed by atoms with Crippen LogP contribution in [0.4, 0.5) is 13.2 Å². The summed E-state index contributed by atoms with van der Waals surface area (Å²) in [5, 5.41) is 0. The average molecular weight is 3510 g/mol. The minimum absolute atomic E-state index is 0.0801. The summed E-state index contributed by atoms with van der Waals surface area (Å²) >= 11 is 13.1. The number of aromatic nitrogens is 1. The van der Waals surface area contributed by atoms with Gasteiger partial charge < -0.3 is 9.80 Å². The van der Waals surface area contributed by atoms with Crippen LogP contribution in [0.2, 0.25) is 0 Å². The molecule has 2 aliphatic heterocycles. The molecule has 0 radical (unpaired) electrons. The SMILES string of the molecule is CC(=O)N1CCC(CC(=O)N2CCN(C(c3ccc(C(F)(F)F)cc3)c3ccc(Br)cn3)C[C@@H]2C(C)(C)C)CC1.S=S=S=S=S=S=S=S=S=S=S=S=S=S=S=S=S=S=S=S=S=S=S=S=S=S=S=S=S=S=S=S=S=S=S=S=S=S=S=S=S=S=S=S=S=S=S=S=S=S=S=S=S=S=S=S=S=S=S=S=S=S=S=S=S=S=S=S=S=S=S=S=S=S=S=S=S=S=S=S=S=S=S=S=S=S=S=S=S=S. The van der Waals surface area contributed by atoms with Crippen molar-refractivity contribution in [2.75, 3.05) is 32.7 Å². The Morgan fingerprint density at radius 1 is 0.346 bits per heavy atom. The molecule has 0 bridgehead atoms. The quantitative estimate of drug-likeness (QED) is 0.370. The van der Waals surface area contributed by atoms with E-state index in [-0.39, 0.29) is 35.2 Å². The van der Waals surface area contributed by atoms with E-state index in [2.05, 4.69) is 46.6 Å². The number of pyridine rings is 1. The van der Waals surface area contributed by atoms with E-state index in [0.717, 1.165) is 40.7 Å². The van der Waals surface area contributed by atoms with Crippen molar-refractivity contribution < 1.29 is 22.8 Å². The fourth-order valence-electron chi connectivity index (χ4n) is 6.84. The van der Waals surface area contributed by atoms with Crippen molar-refractivity contribution in [3.05, 3.63) is 63.9 Å². The summed E-state index contributed by atoms with van der Waals surface area (Å²) in [6.07, 6.45) is -0.580. The Morgan fingerprint density at radius 3 is 0.754 bits per heavy atom. The van der Waals surface area contributed by atoms with Gasteiger partial charge in [0.1, 0.15) is 0 Å². The number of likely N-dealkylation sites (tertiary alicyclic amines) is 1. The second-order valence-corrected chi connectivity index (χ2v) is 175. The zero-order valence-electron chi connectivity index (χ0n) is 60.3. The number of halogens is 4. The molecule has 100 heteroatoms. The van der Waals surface area contributed by atoms with Gasteiger partial charge in [0.25, 0.3) is 0 Å². The molecule has 1 aromatic carbocycles. The topological polar surface area (TPSA) is 56.8 Å². The minimum atomic E-state index is -4.41. The molecule has 2 amide bonds. The Morgan fingerprint density at radius 2 is 0.569 bits per heavy atom. The van der Waals surface area contributed by atoms with Crippen LogP contribution in [0, 0.1) is 11.3 Å². The van der Waals surface area contributed by atoms with E-state index in [4.69, 9.17) is 22.4 Å². The summed E-state index contributed by atoms with van der Waals surface area (Å²) in [5.74, 6) is 0.471. The highest BCUT2D eigenvalue weighted by atomic mass is 79.9. The molecule has 0 spiro atoms. The lowest BCUT2D eigenvalue weighted by Crippen LogP contribution is -2.60. The van der Waals surface area contributed by atoms with Gasteiger partial charge in [-0.25, -0.2) is 0 Å². The lowest BCUT2D eigenvalue weighted by Gasteiger charge is -2.49. The highest BCUT2D eigenvalue weighted by molar-refractivity contribution is 9.10. The molecule has 1 aromatic heterocycles. The van der Waals surface area contributed by atoms with Crippen molar-refractivity contribution >= 4 is 832 Å². The standard InChI is InChI=1S/C30H38BrF3N4O2.S90/c1-20(39)36-13-11-21(12-14-36)17-27(40)38-16-15-37(19-26(38)29(2,3)4)28(25-10-9-24(31)18-35-25)22-5-7-23(8-6-22)30(32,33)34;1-3-5-7-9-11-13-15-17-19-21-23-25-27-29-31-33-35-37-39-41-43-45-47-49-51-53-55-57-59-61-63-65-67-69-71-73-75-77-79-81-83-85-87-89-90-88-86-84-82-80-78-76-74-72-70-68-66-64-62-60-58-56-54-52-50-48-46-44-42-40-38-36-34-32-30-28-26-24-22-20-18-16-14-12-10-8-6-4-2/h5-10,18,21,26,28H,11-17,19H2,1-4H3;/t26-,28?;/m1./s1. The predicted molar refractivity (Wildman–Crippen MR) is 814 cm³/mol. The normalized spacial score (nSPS) is 11.7. The fourth-order valence-corrected chi connectivity index (χ4v) is 243. The van der Waals surface area contributed by atoms with E-state index in [9.17, 15) is 22.8 Å². The lowest BCUT2D eigenvalue weighted by atomic mass is 9.82. The third-order valence-electron chi connectivity index (χ3n) is 10.6. The van der Waals surface area contributed by atoms with Crippen molar-refractivity contribution in [2.45, 2.75) is 65.2 Å². The maximum atomic E-state index is 13.6. The molecule has 4 rings (SSSR count). The maximum absolute atomic E-state index is 13.6. The molecule has 2 fully saturated rings. The van der Waals surface area contributed by atoms with Crippen molar-refractivity contribution in [1.29, 1.82) is 0 Å². The summed E-state index contributed by atoms with van der Waals surface area (Å²) in [6, 6.07) is 8.66. The zero-order chi connectivity index (χ0) is 93.5. The minimum Gasteiger partial charge on any atom is -0.343 e. The van der Waals surface area contributed by atoms with Crippen molar-refractivity contribution in [3.63, 3.8) is 0 Å². The summed E-state index contributed by atoms with van der Waals surface area (Å²) in [4.78, 5) is 36.0. The second kappa shape index (κ2) is 108. The summed E-state index contributed by atoms with van der Waals surface area (Å²) < 4.78 is 40.7. The Kier molecular flexibility index (Phi) is 117. The van der Waals surface area contributed by atoms with Gasteiger partial charge in [-0.2, -0.15) is 13.2 Å². The van der Waals surface area contributed by atoms with Gasteiger partial charge in [-0.05, 0) is 69.9 Å². The second-order valence-electron chi connectivity index (χ2n) is 18.0. The molecular formula is C30H38BrF3N4O2S90. The molecule has 0 aliphatic carbocycles. The summed E-state index contributed by atoms with van der Waals surface area (Å²) in [7, 11) is 159. The van der Waals surface area contributed by atoms with Crippen molar-refractivity contribution in [2.24, 2.45) is 11.3 Å². The molecule has 6 nitrogen and oxygen atoms in total. The molecule has 3 heterocycles. The van der Waals surface area contributed by atoms with Gasteiger partial charge in [0.05, 0.1) is 17.3 Å². The Hall–Kier alpha value is 17.3. The first-order valence-corrected chi connectivity index (χ1v) is 148. The van der Waals surface area contributed by atoms with Crippen LogP contribution in [0.1, 0.15) is 69.8 Å². The van der Waals surface area contributed by atoms with Crippen LogP contribution in [-0.2, 0) is 820 Å². The van der Waals surface area contributed by atoms with Crippen LogP contribution in [-0.4, -0.2) is 70.3 Å². The number of hydrogen-bond donors (Lipinski definition) is 0. The van der Waals surface area contributed by atoms with E-state index >= 15 is 0 Å². The van der Waals surface area contributed by atoms with Crippen LogP contribution in [0.3, 0.4) is 0 Å². The number of piperazine rings is 1. The summed E-state index contributed by atoms with van der Waals surface area (Å²) in [5.41, 5.74) is 0.570. The first-order valence-electron chi connectivity index (χ1n) is 28.6. The maximum Gasteiger partial charge on any atom is 0.416 e. The third kappa shape index (κ3) is 90.1. The number of hydrogen-bond acceptors (Lipinski definition) is 6. The third-order valence-corrected chi connectivity index (χ3v) is 204. The van der Waals surface area contributed by atoms with E-state index < -0.39 is 11.7 Å². The first-order chi connectivity index (χ1) is 63.6. The van der Waals surface area contributed by atoms with Crippen LogP contribution in [0.5, 0.6) is 0 Å². The van der Waals surface area contributed by atoms with Gasteiger partial charge in [-0.15, -0.1) is 0 Å². The van der Waals surface area contributed by atoms with Crippen LogP contribution in [0.15, 0.2) is 47.1 Å². The fraction of sp³-hybridized carbons (Fsp3) is 0.567. The zero-order valence-corrected chi connectivity index (χ0v) is 135. The average Bonchev–Trinajstić information content (AvgIpc) is 0.775. The number of alkyl halides is 3. The number of amides is 2. The van der Waals surface area contributed by atoms with Crippen molar-refractivity contribution in [1.82, 2.24) is 19.7 Å². The van der Waals surface area contributed by atoms with Crippen molar-refractivity contribution in [3.8, 4) is 0 Å². The smallest absolute Gasteiger partial charge is 0.343 e. The lowest BCUT2D eigenvalue weighted by molar-refractivity contribution is -0.141. The highest BCUT2D eigenvalue weighted by Crippen LogP contribution is 2.37. The van der Waals surface area contributed by atoms with Gasteiger partial charge in [-0.3, -0.25) is 19.5 Å². The molecule has 0 saturated carbocycles. The molecular weight excluding hydrogens is 3470 g/mol. The van der Waals surface area contributed by atoms with E-state index in [0.29, 0.717) is 39.1 Å². The highest BCUT2D eigenvalue weighted by Gasteiger charge is 2.41. The molecule has 130 heavy (non-hydrogen) atoms. The number of carbonyl (C=O) groups is 2. The Bertz CT molecular complexity index is 8610. The Labute approximate surface area is 1020 Å². The van der Waals surface area contributed by atoms with Gasteiger partial charge in [0.15, 0.2) is 0 Å². The number of rotatable bonds is 5. The van der Waals surface area contributed by atoms with Crippen LogP contribution >= 0.6 is 15.9 Å². The molecule has 758 valence electrons. The number of piperidine rings is 1. The summed E-state index contributed by atoms with van der Waals surface area (Å²) in [6.45, 7) is 11.0. The van der Waals surface area contributed by atoms with E-state index in [1.165, 1.54) is 29.9 Å². The molecule has 0 N–H and O–H groups in total. The molecule has 2 atom stereocenters. The predicted octanol–water partition coefficient (Wildman–Crippen LogP) is 5.94.